The largest absolute Gasteiger partial charge is 0.481 e. The second-order valence-corrected chi connectivity index (χ2v) is 13.4. The zero-order valence-electron chi connectivity index (χ0n) is 27.5. The summed E-state index contributed by atoms with van der Waals surface area (Å²) in [5.74, 6) is -112. The third-order valence-corrected chi connectivity index (χ3v) is 9.99. The van der Waals surface area contributed by atoms with E-state index in [0.717, 1.165) is 0 Å². The molecule has 0 aliphatic heterocycles. The first-order valence-electron chi connectivity index (χ1n) is 15.1. The molecule has 2 fully saturated rings. The average molecular weight is 922 g/mol. The number of carbonyl (C=O) groups is 5. The SMILES string of the molecule is O=C(O)C(CC(CC(CC1(F)C(F)(F)C(F)(F)C(F)(F)C(F)(F)C1(F)F)C(=O)O)C(=O)O)CC(CC(C(=O)O)C1(F)C(F)(F)C(F)(F)C(F)(F)C(F)(F)C1(F)F)C(=O)O. The van der Waals surface area contributed by atoms with Gasteiger partial charge in [0, 0.05) is 6.42 Å². The molecule has 0 aromatic carbocycles. The molecule has 2 saturated carbocycles. The van der Waals surface area contributed by atoms with E-state index in [1.165, 1.54) is 0 Å². The minimum Gasteiger partial charge on any atom is -0.481 e. The van der Waals surface area contributed by atoms with Gasteiger partial charge in [0.25, 0.3) is 5.67 Å². The Morgan fingerprint density at radius 1 is 0.305 bits per heavy atom. The maximum absolute atomic E-state index is 15.6. The molecule has 10 nitrogen and oxygen atoms in total. The summed E-state index contributed by atoms with van der Waals surface area (Å²) in [6, 6.07) is 0. The molecule has 0 saturated heterocycles. The summed E-state index contributed by atoms with van der Waals surface area (Å²) in [6.07, 6.45) is -13.5. The molecule has 59 heavy (non-hydrogen) atoms. The third kappa shape index (κ3) is 6.35. The van der Waals surface area contributed by atoms with Gasteiger partial charge in [0.15, 0.2) is 0 Å². The zero-order valence-corrected chi connectivity index (χ0v) is 27.5. The fourth-order valence-electron chi connectivity index (χ4n) is 6.48. The predicted octanol–water partition coefficient (Wildman–Crippen LogP) is 7.24. The highest BCUT2D eigenvalue weighted by Gasteiger charge is 3.03. The van der Waals surface area contributed by atoms with Gasteiger partial charge in [0.1, 0.15) is 5.92 Å². The lowest BCUT2D eigenvalue weighted by Crippen LogP contribution is -2.85. The highest BCUT2D eigenvalue weighted by Crippen LogP contribution is 2.73. The molecule has 2 aliphatic rings. The van der Waals surface area contributed by atoms with Gasteiger partial charge in [0.05, 0.1) is 23.7 Å². The van der Waals surface area contributed by atoms with Gasteiger partial charge < -0.3 is 25.5 Å². The van der Waals surface area contributed by atoms with Gasteiger partial charge in [-0.3, -0.25) is 24.0 Å². The molecular formula is C27H20F22O10. The Labute approximate surface area is 309 Å². The van der Waals surface area contributed by atoms with Gasteiger partial charge in [0.2, 0.25) is 5.67 Å². The summed E-state index contributed by atoms with van der Waals surface area (Å²) < 4.78 is 313. The van der Waals surface area contributed by atoms with Crippen LogP contribution in [0.5, 0.6) is 0 Å². The second-order valence-electron chi connectivity index (χ2n) is 13.4. The summed E-state index contributed by atoms with van der Waals surface area (Å²) in [6.45, 7) is 0. The molecule has 0 heterocycles. The fraction of sp³-hybridized carbons (Fsp3) is 0.815. The van der Waals surface area contributed by atoms with Crippen LogP contribution < -0.4 is 0 Å². The van der Waals surface area contributed by atoms with E-state index in [0.29, 0.717) is 0 Å². The van der Waals surface area contributed by atoms with E-state index in [4.69, 9.17) is 0 Å². The molecule has 0 spiro atoms. The molecule has 5 N–H and O–H groups in total. The molecule has 342 valence electrons. The van der Waals surface area contributed by atoms with Crippen LogP contribution in [0.25, 0.3) is 0 Å². The standard InChI is InChI=1S/C27H20F22O10/c28-16(18(30,31)22(38,39)26(46,47)23(40,41)19(16,32)33)5-9(14(56)57)3-7(12(52)53)1-6(11(50)51)2-8(13(54)55)4-10(15(58)59)17(29)20(34,35)24(42,43)27(48,49)25(44,45)21(17,36)37/h6-10H,1-5H2,(H,50,51)(H,52,53)(H,54,55)(H,56,57)(H,58,59). The van der Waals surface area contributed by atoms with Gasteiger partial charge in [-0.25, -0.2) is 8.78 Å². The van der Waals surface area contributed by atoms with Crippen LogP contribution in [0.4, 0.5) is 96.6 Å². The van der Waals surface area contributed by atoms with Crippen molar-refractivity contribution in [2.75, 3.05) is 0 Å². The van der Waals surface area contributed by atoms with E-state index in [-0.39, 0.29) is 0 Å². The zero-order chi connectivity index (χ0) is 47.3. The number of aliphatic carboxylic acids is 5. The first-order valence-corrected chi connectivity index (χ1v) is 15.1. The molecular weight excluding hydrogens is 902 g/mol. The number of carboxylic acid groups (broad SMARTS) is 5. The monoisotopic (exact) mass is 922 g/mol. The number of carboxylic acids is 5. The Balaban J connectivity index is 2.65. The van der Waals surface area contributed by atoms with E-state index in [1.54, 1.807) is 0 Å². The van der Waals surface area contributed by atoms with Crippen LogP contribution in [0.3, 0.4) is 0 Å². The molecule has 0 aromatic rings. The summed E-state index contributed by atoms with van der Waals surface area (Å²) in [5.41, 5.74) is -14.6. The first kappa shape index (κ1) is 51.0. The molecule has 2 aliphatic carbocycles. The van der Waals surface area contributed by atoms with Gasteiger partial charge in [-0.2, -0.15) is 87.8 Å². The van der Waals surface area contributed by atoms with E-state index < -0.39 is 162 Å². The van der Waals surface area contributed by atoms with Gasteiger partial charge in [-0.15, -0.1) is 0 Å². The average Bonchev–Trinajstić information content (AvgIpc) is 3.05. The smallest absolute Gasteiger partial charge is 0.384 e. The Morgan fingerprint density at radius 3 is 0.780 bits per heavy atom. The molecule has 5 unspecified atom stereocenters. The fourth-order valence-corrected chi connectivity index (χ4v) is 6.48. The quantitative estimate of drug-likeness (QED) is 0.0989. The van der Waals surface area contributed by atoms with Crippen molar-refractivity contribution in [3.63, 3.8) is 0 Å². The van der Waals surface area contributed by atoms with Gasteiger partial charge in [-0.05, 0) is 25.7 Å². The Kier molecular flexibility index (Phi) is 12.3. The lowest BCUT2D eigenvalue weighted by molar-refractivity contribution is -0.490. The molecule has 5 atom stereocenters. The van der Waals surface area contributed by atoms with Crippen LogP contribution in [0.1, 0.15) is 32.1 Å². The summed E-state index contributed by atoms with van der Waals surface area (Å²) >= 11 is 0. The molecule has 2 rings (SSSR count). The number of hydrogen-bond donors (Lipinski definition) is 5. The van der Waals surface area contributed by atoms with Crippen LogP contribution in [0, 0.1) is 29.6 Å². The van der Waals surface area contributed by atoms with Crippen LogP contribution >= 0.6 is 0 Å². The van der Waals surface area contributed by atoms with Crippen molar-refractivity contribution in [1.29, 1.82) is 0 Å². The normalized spacial score (nSPS) is 28.1. The van der Waals surface area contributed by atoms with Crippen molar-refractivity contribution >= 4 is 29.8 Å². The van der Waals surface area contributed by atoms with Crippen molar-refractivity contribution < 1.29 is 146 Å². The molecule has 0 amide bonds. The number of halogens is 22. The lowest BCUT2D eigenvalue weighted by Gasteiger charge is -2.54. The Bertz CT molecular complexity index is 1650. The van der Waals surface area contributed by atoms with E-state index in [1.807, 2.05) is 0 Å². The number of hydrogen-bond acceptors (Lipinski definition) is 5. The molecule has 0 bridgehead atoms. The van der Waals surface area contributed by atoms with E-state index >= 15 is 8.78 Å². The van der Waals surface area contributed by atoms with Crippen LogP contribution in [0.15, 0.2) is 0 Å². The van der Waals surface area contributed by atoms with Gasteiger partial charge >= 0.3 is 89.1 Å². The minimum absolute atomic E-state index is 2.14. The minimum atomic E-state index is -7.96. The van der Waals surface area contributed by atoms with Crippen LogP contribution in [-0.2, 0) is 24.0 Å². The van der Waals surface area contributed by atoms with E-state index in [9.17, 15) is 137 Å². The predicted molar refractivity (Wildman–Crippen MR) is 136 cm³/mol. The van der Waals surface area contributed by atoms with Crippen LogP contribution in [-0.4, -0.2) is 126 Å². The van der Waals surface area contributed by atoms with Crippen molar-refractivity contribution in [3.05, 3.63) is 0 Å². The maximum Gasteiger partial charge on any atom is 0.384 e. The van der Waals surface area contributed by atoms with Crippen molar-refractivity contribution in [3.8, 4) is 0 Å². The summed E-state index contributed by atoms with van der Waals surface area (Å²) in [5, 5.41) is 46.8. The van der Waals surface area contributed by atoms with Crippen molar-refractivity contribution in [2.45, 2.75) is 103 Å². The number of rotatable bonds is 16. The van der Waals surface area contributed by atoms with Crippen LogP contribution in [0.2, 0.25) is 0 Å². The van der Waals surface area contributed by atoms with E-state index in [2.05, 4.69) is 0 Å². The first-order chi connectivity index (χ1) is 25.8. The lowest BCUT2D eigenvalue weighted by atomic mass is 9.64. The Hall–Kier alpha value is -4.19. The number of alkyl halides is 22. The third-order valence-electron chi connectivity index (χ3n) is 9.99. The molecule has 32 heteroatoms. The van der Waals surface area contributed by atoms with Gasteiger partial charge in [-0.1, -0.05) is 0 Å². The highest BCUT2D eigenvalue weighted by molar-refractivity contribution is 5.78. The summed E-state index contributed by atoms with van der Waals surface area (Å²) in [7, 11) is 0. The second kappa shape index (κ2) is 14.2. The summed E-state index contributed by atoms with van der Waals surface area (Å²) in [4.78, 5) is 59.0. The Morgan fingerprint density at radius 2 is 0.525 bits per heavy atom. The molecule has 0 aromatic heterocycles. The van der Waals surface area contributed by atoms with Crippen molar-refractivity contribution in [2.24, 2.45) is 29.6 Å². The maximum atomic E-state index is 15.6. The molecule has 0 radical (unpaired) electrons. The van der Waals surface area contributed by atoms with Crippen molar-refractivity contribution in [1.82, 2.24) is 0 Å². The highest BCUT2D eigenvalue weighted by atomic mass is 19.4. The topological polar surface area (TPSA) is 186 Å².